The summed E-state index contributed by atoms with van der Waals surface area (Å²) in [4.78, 5) is 23.2. The molecule has 6 rings (SSSR count). The van der Waals surface area contributed by atoms with Gasteiger partial charge in [-0.2, -0.15) is 4.98 Å². The summed E-state index contributed by atoms with van der Waals surface area (Å²) in [5.74, 6) is 0.885. The van der Waals surface area contributed by atoms with Crippen LogP contribution in [0.25, 0.3) is 33.5 Å². The number of nitrogen functional groups attached to an aromatic ring is 1. The average Bonchev–Trinajstić information content (AvgIpc) is 3.11. The first-order valence-corrected chi connectivity index (χ1v) is 10.6. The lowest BCUT2D eigenvalue weighted by molar-refractivity contribution is 0.126. The second kappa shape index (κ2) is 7.14. The third-order valence-electron chi connectivity index (χ3n) is 6.20. The van der Waals surface area contributed by atoms with Gasteiger partial charge in [-0.1, -0.05) is 0 Å². The van der Waals surface area contributed by atoms with Crippen LogP contribution < -0.4 is 16.0 Å². The molecule has 158 valence electrons. The van der Waals surface area contributed by atoms with Gasteiger partial charge < -0.3 is 20.4 Å². The van der Waals surface area contributed by atoms with Crippen molar-refractivity contribution in [1.29, 1.82) is 0 Å². The number of oxazole rings is 1. The molecule has 2 aliphatic rings. The number of nitrogens with two attached hydrogens (primary N) is 1. The topological polar surface area (TPSA) is 109 Å². The Morgan fingerprint density at radius 2 is 1.97 bits per heavy atom. The third-order valence-corrected chi connectivity index (χ3v) is 6.20. The third kappa shape index (κ3) is 3.35. The van der Waals surface area contributed by atoms with Gasteiger partial charge in [0.25, 0.3) is 6.01 Å². The lowest BCUT2D eigenvalue weighted by Gasteiger charge is -2.48. The number of anilines is 2. The Bertz CT molecular complexity index is 1270. The predicted octanol–water partition coefficient (Wildman–Crippen LogP) is 1.90. The maximum atomic E-state index is 5.66. The van der Waals surface area contributed by atoms with Crippen molar-refractivity contribution in [2.75, 3.05) is 43.4 Å². The summed E-state index contributed by atoms with van der Waals surface area (Å²) in [5, 5.41) is 3.51. The molecule has 1 unspecified atom stereocenters. The molecule has 4 aromatic rings. The maximum Gasteiger partial charge on any atom is 0.292 e. The number of nitrogens with zero attached hydrogens (tertiary/aromatic N) is 6. The van der Waals surface area contributed by atoms with Crippen molar-refractivity contribution in [3.8, 4) is 11.3 Å². The summed E-state index contributed by atoms with van der Waals surface area (Å²) in [5.41, 5.74) is 10.2. The number of piperazine rings is 1. The first-order valence-electron chi connectivity index (χ1n) is 10.6. The molecule has 2 fully saturated rings. The van der Waals surface area contributed by atoms with Crippen molar-refractivity contribution in [2.24, 2.45) is 0 Å². The van der Waals surface area contributed by atoms with E-state index in [9.17, 15) is 0 Å². The van der Waals surface area contributed by atoms with Gasteiger partial charge in [0.1, 0.15) is 16.9 Å². The summed E-state index contributed by atoms with van der Waals surface area (Å²) in [6.07, 6.45) is 1.85. The zero-order chi connectivity index (χ0) is 20.9. The van der Waals surface area contributed by atoms with Crippen molar-refractivity contribution in [3.63, 3.8) is 0 Å². The molecule has 3 N–H and O–H groups in total. The molecular formula is C22H24N8O. The molecule has 0 bridgehead atoms. The predicted molar refractivity (Wildman–Crippen MR) is 120 cm³/mol. The lowest BCUT2D eigenvalue weighted by Crippen LogP contribution is -2.64. The Kier molecular flexibility index (Phi) is 4.25. The van der Waals surface area contributed by atoms with E-state index in [0.29, 0.717) is 28.8 Å². The molecular weight excluding hydrogens is 392 g/mol. The lowest BCUT2D eigenvalue weighted by atomic mass is 10.1. The van der Waals surface area contributed by atoms with Crippen LogP contribution in [-0.2, 0) is 0 Å². The quantitative estimate of drug-likeness (QED) is 0.517. The summed E-state index contributed by atoms with van der Waals surface area (Å²) in [6.45, 7) is 7.49. The Morgan fingerprint density at radius 3 is 2.84 bits per heavy atom. The zero-order valence-electron chi connectivity index (χ0n) is 17.3. The van der Waals surface area contributed by atoms with E-state index in [1.807, 2.05) is 36.5 Å². The van der Waals surface area contributed by atoms with Crippen LogP contribution in [0.15, 0.2) is 40.9 Å². The first-order chi connectivity index (χ1) is 15.1. The van der Waals surface area contributed by atoms with E-state index in [2.05, 4.69) is 32.0 Å². The number of rotatable bonds is 3. The van der Waals surface area contributed by atoms with Gasteiger partial charge >= 0.3 is 0 Å². The van der Waals surface area contributed by atoms with Gasteiger partial charge in [0.15, 0.2) is 11.2 Å². The largest absolute Gasteiger partial charge is 0.424 e. The highest BCUT2D eigenvalue weighted by Crippen LogP contribution is 2.27. The Balaban J connectivity index is 1.24. The molecule has 1 aromatic carbocycles. The zero-order valence-corrected chi connectivity index (χ0v) is 17.3. The summed E-state index contributed by atoms with van der Waals surface area (Å²) in [7, 11) is 0. The van der Waals surface area contributed by atoms with Crippen molar-refractivity contribution < 1.29 is 4.42 Å². The maximum absolute atomic E-state index is 5.66. The van der Waals surface area contributed by atoms with Gasteiger partial charge in [-0.3, -0.25) is 4.90 Å². The summed E-state index contributed by atoms with van der Waals surface area (Å²) < 4.78 is 5.36. The molecule has 0 saturated carbocycles. The van der Waals surface area contributed by atoms with Crippen molar-refractivity contribution in [3.05, 3.63) is 36.5 Å². The van der Waals surface area contributed by atoms with Gasteiger partial charge in [-0.05, 0) is 37.3 Å². The minimum atomic E-state index is 0.164. The SMILES string of the molecule is CC1CN(C2CN(c3cnc4ccc(-c5ccc6oc(N)nc6c5)nc4n3)C2)CCN1. The van der Waals surface area contributed by atoms with Crippen LogP contribution >= 0.6 is 0 Å². The van der Waals surface area contributed by atoms with Crippen molar-refractivity contribution in [1.82, 2.24) is 30.2 Å². The van der Waals surface area contributed by atoms with E-state index in [1.54, 1.807) is 0 Å². The molecule has 9 nitrogen and oxygen atoms in total. The Labute approximate surface area is 179 Å². The van der Waals surface area contributed by atoms with E-state index in [4.69, 9.17) is 20.1 Å². The molecule has 5 heterocycles. The minimum Gasteiger partial charge on any atom is -0.424 e. The molecule has 3 aromatic heterocycles. The first kappa shape index (κ1) is 18.5. The molecule has 9 heteroatoms. The molecule has 1 atom stereocenters. The van der Waals surface area contributed by atoms with Gasteiger partial charge in [0, 0.05) is 50.4 Å². The highest BCUT2D eigenvalue weighted by molar-refractivity contribution is 5.82. The van der Waals surface area contributed by atoms with Crippen molar-refractivity contribution >= 4 is 34.1 Å². The average molecular weight is 416 g/mol. The van der Waals surface area contributed by atoms with Crippen LogP contribution in [0, 0.1) is 0 Å². The standard InChI is InChI=1S/C22H24N8O/c1-13-10-29(7-6-24-13)15-11-30(12-15)20-9-25-17-4-3-16(26-21(17)28-20)14-2-5-19-18(8-14)27-22(23)31-19/h2-5,8-9,13,15,24H,6-7,10-12H2,1H3,(H2,23,27). The molecule has 0 spiro atoms. The van der Waals surface area contributed by atoms with Crippen LogP contribution in [0.1, 0.15) is 6.92 Å². The smallest absolute Gasteiger partial charge is 0.292 e. The van der Waals surface area contributed by atoms with Crippen LogP contribution in [0.3, 0.4) is 0 Å². The van der Waals surface area contributed by atoms with Crippen LogP contribution in [-0.4, -0.2) is 69.6 Å². The fourth-order valence-electron chi connectivity index (χ4n) is 4.47. The molecule has 0 amide bonds. The number of aromatic nitrogens is 4. The fourth-order valence-corrected chi connectivity index (χ4v) is 4.47. The van der Waals surface area contributed by atoms with E-state index in [1.165, 1.54) is 0 Å². The van der Waals surface area contributed by atoms with E-state index < -0.39 is 0 Å². The Hall–Kier alpha value is -3.30. The van der Waals surface area contributed by atoms with Crippen molar-refractivity contribution in [2.45, 2.75) is 19.0 Å². The molecule has 0 aliphatic carbocycles. The fraction of sp³-hybridized carbons (Fsp3) is 0.364. The second-order valence-electron chi connectivity index (χ2n) is 8.41. The monoisotopic (exact) mass is 416 g/mol. The number of fused-ring (bicyclic) bond motifs is 2. The number of pyridine rings is 1. The summed E-state index contributed by atoms with van der Waals surface area (Å²) in [6, 6.07) is 10.9. The second-order valence-corrected chi connectivity index (χ2v) is 8.41. The molecule has 31 heavy (non-hydrogen) atoms. The number of nitrogens with one attached hydrogen (secondary N) is 1. The van der Waals surface area contributed by atoms with E-state index in [0.717, 1.165) is 55.3 Å². The molecule has 2 saturated heterocycles. The number of hydrogen-bond acceptors (Lipinski definition) is 9. The summed E-state index contributed by atoms with van der Waals surface area (Å²) >= 11 is 0. The minimum absolute atomic E-state index is 0.164. The Morgan fingerprint density at radius 1 is 1.06 bits per heavy atom. The van der Waals surface area contributed by atoms with Gasteiger partial charge in [-0.25, -0.2) is 15.0 Å². The molecule has 2 aliphatic heterocycles. The number of hydrogen-bond donors (Lipinski definition) is 2. The number of benzene rings is 1. The van der Waals surface area contributed by atoms with Gasteiger partial charge in [-0.15, -0.1) is 0 Å². The van der Waals surface area contributed by atoms with E-state index in [-0.39, 0.29) is 6.01 Å². The normalized spacial score (nSPS) is 20.4. The van der Waals surface area contributed by atoms with Crippen LogP contribution in [0.5, 0.6) is 0 Å². The molecule has 0 radical (unpaired) electrons. The highest BCUT2D eigenvalue weighted by Gasteiger charge is 2.34. The van der Waals surface area contributed by atoms with Gasteiger partial charge in [0.2, 0.25) is 0 Å². The van der Waals surface area contributed by atoms with Crippen LogP contribution in [0.4, 0.5) is 11.8 Å². The van der Waals surface area contributed by atoms with E-state index >= 15 is 0 Å². The van der Waals surface area contributed by atoms with Gasteiger partial charge in [0.05, 0.1) is 11.9 Å². The van der Waals surface area contributed by atoms with Crippen LogP contribution in [0.2, 0.25) is 0 Å². The highest BCUT2D eigenvalue weighted by atomic mass is 16.4.